The van der Waals surface area contributed by atoms with Crippen LogP contribution in [0.3, 0.4) is 0 Å². The largest absolute Gasteiger partial charge is 0.355 e. The second-order valence-electron chi connectivity index (χ2n) is 4.58. The molecule has 0 spiro atoms. The zero-order chi connectivity index (χ0) is 17.9. The number of halogens is 3. The lowest BCUT2D eigenvalue weighted by Crippen LogP contribution is -2.27. The number of hydrogen-bond donors (Lipinski definition) is 1. The highest BCUT2D eigenvalue weighted by atomic mass is 79.9. The second-order valence-corrected chi connectivity index (χ2v) is 7.48. The molecule has 0 heterocycles. The summed E-state index contributed by atoms with van der Waals surface area (Å²) in [5.74, 6) is 0.809. The third-order valence-corrected chi connectivity index (χ3v) is 5.14. The Labute approximate surface area is 166 Å². The second kappa shape index (κ2) is 11.8. The van der Waals surface area contributed by atoms with Crippen molar-refractivity contribution in [1.82, 2.24) is 5.32 Å². The van der Waals surface area contributed by atoms with E-state index in [1.54, 1.807) is 23.9 Å². The van der Waals surface area contributed by atoms with Crippen LogP contribution in [0.5, 0.6) is 0 Å². The molecule has 0 saturated heterocycles. The Balaban J connectivity index is 0.00000139. The van der Waals surface area contributed by atoms with Gasteiger partial charge in [-0.3, -0.25) is 4.79 Å². The third-order valence-electron chi connectivity index (χ3n) is 2.86. The van der Waals surface area contributed by atoms with Crippen LogP contribution in [0.2, 0.25) is 10.0 Å². The third kappa shape index (κ3) is 7.93. The van der Waals surface area contributed by atoms with E-state index in [4.69, 9.17) is 23.2 Å². The summed E-state index contributed by atoms with van der Waals surface area (Å²) in [6, 6.07) is 13.3. The molecule has 0 saturated carbocycles. The fourth-order valence-corrected chi connectivity index (χ4v) is 3.14. The van der Waals surface area contributed by atoms with Crippen molar-refractivity contribution in [3.63, 3.8) is 0 Å². The van der Waals surface area contributed by atoms with Crippen molar-refractivity contribution in [2.75, 3.05) is 12.3 Å². The van der Waals surface area contributed by atoms with Crippen LogP contribution >= 0.6 is 50.9 Å². The Hall–Kier alpha value is -0.680. The van der Waals surface area contributed by atoms with Crippen molar-refractivity contribution < 1.29 is 4.79 Å². The number of nitrogens with one attached hydrogen (secondary N) is 1. The number of benzene rings is 2. The van der Waals surface area contributed by atoms with Crippen LogP contribution in [-0.2, 0) is 11.2 Å². The average Bonchev–Trinajstić information content (AvgIpc) is 2.58. The quantitative estimate of drug-likeness (QED) is 0.418. The van der Waals surface area contributed by atoms with Crippen molar-refractivity contribution >= 4 is 56.8 Å². The molecule has 0 unspecified atom stereocenters. The summed E-state index contributed by atoms with van der Waals surface area (Å²) in [5, 5.41) is 3.87. The predicted molar refractivity (Wildman–Crippen MR) is 109 cm³/mol. The van der Waals surface area contributed by atoms with Crippen LogP contribution in [0.4, 0.5) is 0 Å². The Bertz CT molecular complexity index is 650. The normalized spacial score (nSPS) is 9.88. The van der Waals surface area contributed by atoms with Gasteiger partial charge in [0.25, 0.3) is 0 Å². The molecule has 1 N–H and O–H groups in total. The molecule has 0 radical (unpaired) electrons. The van der Waals surface area contributed by atoms with Gasteiger partial charge in [-0.25, -0.2) is 0 Å². The molecule has 0 aliphatic rings. The van der Waals surface area contributed by atoms with Crippen molar-refractivity contribution in [3.05, 3.63) is 62.5 Å². The summed E-state index contributed by atoms with van der Waals surface area (Å²) in [4.78, 5) is 13.0. The first-order valence-corrected chi connectivity index (χ1v) is 10.2. The topological polar surface area (TPSA) is 29.1 Å². The number of amides is 1. The molecule has 2 aromatic carbocycles. The molecule has 2 rings (SSSR count). The predicted octanol–water partition coefficient (Wildman–Crippen LogP) is 6.23. The fourth-order valence-electron chi connectivity index (χ4n) is 1.79. The summed E-state index contributed by atoms with van der Waals surface area (Å²) in [5.41, 5.74) is 0.854. The maximum absolute atomic E-state index is 11.9. The SMILES string of the molecule is CC.O=C(Cc1ccc(Cl)c(Cl)c1)NCCSc1ccc(Br)cc1. The van der Waals surface area contributed by atoms with Gasteiger partial charge in [0.15, 0.2) is 0 Å². The summed E-state index contributed by atoms with van der Waals surface area (Å²) in [6.07, 6.45) is 0.305. The number of carbonyl (C=O) groups is 1. The molecule has 1 amide bonds. The first kappa shape index (κ1) is 21.4. The summed E-state index contributed by atoms with van der Waals surface area (Å²) in [7, 11) is 0. The Morgan fingerprint density at radius 3 is 2.38 bits per heavy atom. The fraction of sp³-hybridized carbons (Fsp3) is 0.278. The van der Waals surface area contributed by atoms with E-state index in [0.29, 0.717) is 23.0 Å². The molecule has 6 heteroatoms. The number of rotatable bonds is 6. The van der Waals surface area contributed by atoms with Gasteiger partial charge in [0, 0.05) is 21.7 Å². The number of carbonyl (C=O) groups excluding carboxylic acids is 1. The maximum Gasteiger partial charge on any atom is 0.224 e. The molecule has 0 fully saturated rings. The van der Waals surface area contributed by atoms with Gasteiger partial charge >= 0.3 is 0 Å². The van der Waals surface area contributed by atoms with Gasteiger partial charge < -0.3 is 5.32 Å². The minimum absolute atomic E-state index is 0.0187. The van der Waals surface area contributed by atoms with E-state index in [-0.39, 0.29) is 5.91 Å². The van der Waals surface area contributed by atoms with E-state index >= 15 is 0 Å². The van der Waals surface area contributed by atoms with Crippen LogP contribution in [0.25, 0.3) is 0 Å². The Morgan fingerprint density at radius 1 is 1.08 bits per heavy atom. The van der Waals surface area contributed by atoms with E-state index < -0.39 is 0 Å². The Morgan fingerprint density at radius 2 is 1.75 bits per heavy atom. The minimum atomic E-state index is -0.0187. The molecule has 24 heavy (non-hydrogen) atoms. The van der Waals surface area contributed by atoms with Gasteiger partial charge in [0.1, 0.15) is 0 Å². The van der Waals surface area contributed by atoms with E-state index in [1.165, 1.54) is 4.90 Å². The first-order chi connectivity index (χ1) is 11.5. The van der Waals surface area contributed by atoms with Gasteiger partial charge in [-0.2, -0.15) is 0 Å². The highest BCUT2D eigenvalue weighted by Gasteiger charge is 2.05. The summed E-state index contributed by atoms with van der Waals surface area (Å²) >= 11 is 16.9. The van der Waals surface area contributed by atoms with Crippen LogP contribution < -0.4 is 5.32 Å². The lowest BCUT2D eigenvalue weighted by molar-refractivity contribution is -0.120. The minimum Gasteiger partial charge on any atom is -0.355 e. The molecule has 0 aliphatic carbocycles. The monoisotopic (exact) mass is 447 g/mol. The highest BCUT2D eigenvalue weighted by Crippen LogP contribution is 2.23. The van der Waals surface area contributed by atoms with Crippen LogP contribution in [0, 0.1) is 0 Å². The standard InChI is InChI=1S/C16H14BrCl2NOS.C2H6/c17-12-2-4-13(5-3-12)22-8-7-20-16(21)10-11-1-6-14(18)15(19)9-11;1-2/h1-6,9H,7-8,10H2,(H,20,21);1-2H3. The van der Waals surface area contributed by atoms with Crippen molar-refractivity contribution in [1.29, 1.82) is 0 Å². The smallest absolute Gasteiger partial charge is 0.224 e. The Kier molecular flexibility index (Phi) is 10.5. The molecule has 130 valence electrons. The molecule has 2 nitrogen and oxygen atoms in total. The molecule has 0 atom stereocenters. The molecular weight excluding hydrogens is 429 g/mol. The number of hydrogen-bond acceptors (Lipinski definition) is 2. The highest BCUT2D eigenvalue weighted by molar-refractivity contribution is 9.10. The van der Waals surface area contributed by atoms with Gasteiger partial charge in [-0.15, -0.1) is 11.8 Å². The molecule has 2 aromatic rings. The van der Waals surface area contributed by atoms with E-state index in [0.717, 1.165) is 15.8 Å². The zero-order valence-electron chi connectivity index (χ0n) is 13.6. The van der Waals surface area contributed by atoms with Gasteiger partial charge in [0.2, 0.25) is 5.91 Å². The van der Waals surface area contributed by atoms with Crippen LogP contribution in [0.15, 0.2) is 51.8 Å². The van der Waals surface area contributed by atoms with E-state index in [1.807, 2.05) is 44.2 Å². The lowest BCUT2D eigenvalue weighted by atomic mass is 10.1. The lowest BCUT2D eigenvalue weighted by Gasteiger charge is -2.06. The van der Waals surface area contributed by atoms with Crippen LogP contribution in [-0.4, -0.2) is 18.2 Å². The van der Waals surface area contributed by atoms with Crippen molar-refractivity contribution in [2.45, 2.75) is 25.2 Å². The first-order valence-electron chi connectivity index (χ1n) is 7.63. The summed E-state index contributed by atoms with van der Waals surface area (Å²) < 4.78 is 1.06. The van der Waals surface area contributed by atoms with Crippen LogP contribution in [0.1, 0.15) is 19.4 Å². The molecule has 0 bridgehead atoms. The van der Waals surface area contributed by atoms with Gasteiger partial charge in [0.05, 0.1) is 16.5 Å². The van der Waals surface area contributed by atoms with E-state index in [2.05, 4.69) is 21.2 Å². The van der Waals surface area contributed by atoms with Crippen molar-refractivity contribution in [2.24, 2.45) is 0 Å². The molecular formula is C18H20BrCl2NOS. The average molecular weight is 449 g/mol. The molecule has 0 aromatic heterocycles. The maximum atomic E-state index is 11.9. The van der Waals surface area contributed by atoms with Crippen molar-refractivity contribution in [3.8, 4) is 0 Å². The van der Waals surface area contributed by atoms with Gasteiger partial charge in [-0.1, -0.05) is 59.0 Å². The van der Waals surface area contributed by atoms with Gasteiger partial charge in [-0.05, 0) is 42.0 Å². The zero-order valence-corrected chi connectivity index (χ0v) is 17.5. The van der Waals surface area contributed by atoms with E-state index in [9.17, 15) is 4.79 Å². The number of thioether (sulfide) groups is 1. The molecule has 0 aliphatic heterocycles. The summed E-state index contributed by atoms with van der Waals surface area (Å²) in [6.45, 7) is 4.63.